The van der Waals surface area contributed by atoms with Gasteiger partial charge in [0.1, 0.15) is 5.82 Å². The summed E-state index contributed by atoms with van der Waals surface area (Å²) in [6.07, 6.45) is 2.28. The second-order valence-electron chi connectivity index (χ2n) is 4.52. The van der Waals surface area contributed by atoms with Crippen LogP contribution in [-0.2, 0) is 9.84 Å². The summed E-state index contributed by atoms with van der Waals surface area (Å²) in [7, 11) is -1.62. The Morgan fingerprint density at radius 1 is 1.29 bits per heavy atom. The normalized spacial score (nSPS) is 18.7. The van der Waals surface area contributed by atoms with Crippen molar-refractivity contribution in [3.05, 3.63) is 30.1 Å². The molecular weight excluding hydrogens is 241 g/mol. The van der Waals surface area contributed by atoms with Gasteiger partial charge in [-0.05, 0) is 44.2 Å². The Morgan fingerprint density at radius 3 is 2.29 bits per heavy atom. The van der Waals surface area contributed by atoms with Crippen molar-refractivity contribution >= 4 is 9.84 Å². The Balaban J connectivity index is 2.38. The van der Waals surface area contributed by atoms with Gasteiger partial charge in [-0.25, -0.2) is 12.8 Å². The van der Waals surface area contributed by atoms with Gasteiger partial charge in [-0.2, -0.15) is 0 Å². The van der Waals surface area contributed by atoms with Crippen LogP contribution in [0.2, 0.25) is 0 Å². The summed E-state index contributed by atoms with van der Waals surface area (Å²) in [4.78, 5) is 0.217. The van der Waals surface area contributed by atoms with Crippen molar-refractivity contribution < 1.29 is 12.8 Å². The molecule has 0 unspecified atom stereocenters. The lowest BCUT2D eigenvalue weighted by atomic mass is 9.84. The maximum atomic E-state index is 12.8. The Morgan fingerprint density at radius 2 is 1.88 bits per heavy atom. The van der Waals surface area contributed by atoms with Crippen LogP contribution < -0.4 is 5.32 Å². The third kappa shape index (κ3) is 1.98. The molecule has 1 saturated carbocycles. The van der Waals surface area contributed by atoms with E-state index in [2.05, 4.69) is 5.32 Å². The van der Waals surface area contributed by atoms with Crippen LogP contribution in [-0.4, -0.2) is 26.8 Å². The second kappa shape index (κ2) is 4.38. The molecule has 3 nitrogen and oxygen atoms in total. The Kier molecular flexibility index (Phi) is 3.23. The van der Waals surface area contributed by atoms with Gasteiger partial charge in [0.2, 0.25) is 0 Å². The molecule has 1 aliphatic carbocycles. The number of halogens is 1. The van der Waals surface area contributed by atoms with Crippen molar-refractivity contribution in [1.82, 2.24) is 5.32 Å². The van der Waals surface area contributed by atoms with Gasteiger partial charge in [0.25, 0.3) is 0 Å². The number of rotatable bonds is 4. The lowest BCUT2D eigenvalue weighted by molar-refractivity contribution is 0.328. The zero-order valence-electron chi connectivity index (χ0n) is 9.74. The smallest absolute Gasteiger partial charge is 0.185 e. The van der Waals surface area contributed by atoms with E-state index < -0.39 is 20.4 Å². The number of nitrogens with one attached hydrogen (secondary N) is 1. The first-order valence-corrected chi connectivity index (χ1v) is 7.15. The highest BCUT2D eigenvalue weighted by atomic mass is 32.2. The average molecular weight is 257 g/mol. The second-order valence-corrected chi connectivity index (χ2v) is 6.87. The summed E-state index contributed by atoms with van der Waals surface area (Å²) in [5.74, 6) is -0.416. The predicted molar refractivity (Wildman–Crippen MR) is 64.1 cm³/mol. The first kappa shape index (κ1) is 12.5. The largest absolute Gasteiger partial charge is 0.318 e. The van der Waals surface area contributed by atoms with E-state index in [1.165, 1.54) is 24.3 Å². The van der Waals surface area contributed by atoms with Gasteiger partial charge >= 0.3 is 0 Å². The van der Waals surface area contributed by atoms with Gasteiger partial charge in [0, 0.05) is 6.54 Å². The Hall–Kier alpha value is -0.940. The molecule has 1 aromatic carbocycles. The molecule has 94 valence electrons. The highest BCUT2D eigenvalue weighted by Gasteiger charge is 2.48. The minimum Gasteiger partial charge on any atom is -0.318 e. The van der Waals surface area contributed by atoms with Crippen molar-refractivity contribution in [3.8, 4) is 0 Å². The van der Waals surface area contributed by atoms with Crippen LogP contribution in [0.4, 0.5) is 4.39 Å². The summed E-state index contributed by atoms with van der Waals surface area (Å²) in [6, 6.07) is 5.08. The molecule has 0 heterocycles. The van der Waals surface area contributed by atoms with Crippen molar-refractivity contribution in [2.75, 3.05) is 13.6 Å². The van der Waals surface area contributed by atoms with Crippen LogP contribution in [0.1, 0.15) is 19.3 Å². The van der Waals surface area contributed by atoms with E-state index in [4.69, 9.17) is 0 Å². The number of hydrogen-bond donors (Lipinski definition) is 1. The zero-order valence-corrected chi connectivity index (χ0v) is 10.6. The molecule has 0 saturated heterocycles. The van der Waals surface area contributed by atoms with Gasteiger partial charge in [-0.1, -0.05) is 6.42 Å². The number of sulfone groups is 1. The van der Waals surface area contributed by atoms with Crippen LogP contribution in [0.3, 0.4) is 0 Å². The summed E-state index contributed by atoms with van der Waals surface area (Å²) in [6.45, 7) is 0.451. The first-order chi connectivity index (χ1) is 8.02. The SMILES string of the molecule is CNCC1(S(=O)(=O)c2ccc(F)cc2)CCC1. The first-order valence-electron chi connectivity index (χ1n) is 5.67. The van der Waals surface area contributed by atoms with Crippen molar-refractivity contribution in [2.45, 2.75) is 28.9 Å². The molecule has 1 N–H and O–H groups in total. The fourth-order valence-electron chi connectivity index (χ4n) is 2.30. The van der Waals surface area contributed by atoms with Crippen molar-refractivity contribution in [2.24, 2.45) is 0 Å². The molecule has 0 aromatic heterocycles. The summed E-state index contributed by atoms with van der Waals surface area (Å²) < 4.78 is 37.1. The van der Waals surface area contributed by atoms with Gasteiger partial charge in [0.05, 0.1) is 9.64 Å². The molecule has 0 radical (unpaired) electrons. The number of hydrogen-bond acceptors (Lipinski definition) is 3. The molecule has 0 bridgehead atoms. The molecule has 0 aliphatic heterocycles. The molecule has 2 rings (SSSR count). The molecule has 0 spiro atoms. The zero-order chi connectivity index (χ0) is 12.5. The highest BCUT2D eigenvalue weighted by molar-refractivity contribution is 7.93. The van der Waals surface area contributed by atoms with Gasteiger partial charge < -0.3 is 5.32 Å². The minimum absolute atomic E-state index is 0.217. The molecule has 5 heteroatoms. The highest BCUT2D eigenvalue weighted by Crippen LogP contribution is 2.42. The van der Waals surface area contributed by atoms with Crippen molar-refractivity contribution in [3.63, 3.8) is 0 Å². The van der Waals surface area contributed by atoms with E-state index in [0.717, 1.165) is 6.42 Å². The maximum absolute atomic E-state index is 12.8. The van der Waals surface area contributed by atoms with Crippen LogP contribution >= 0.6 is 0 Å². The fraction of sp³-hybridized carbons (Fsp3) is 0.500. The maximum Gasteiger partial charge on any atom is 0.185 e. The summed E-state index contributed by atoms with van der Waals surface area (Å²) in [5, 5.41) is 2.94. The van der Waals surface area contributed by atoms with E-state index in [1.807, 2.05) is 0 Å². The average Bonchev–Trinajstić information content (AvgIpc) is 2.23. The van der Waals surface area contributed by atoms with Crippen molar-refractivity contribution in [1.29, 1.82) is 0 Å². The van der Waals surface area contributed by atoms with Gasteiger partial charge in [0.15, 0.2) is 9.84 Å². The molecule has 1 fully saturated rings. The predicted octanol–water partition coefficient (Wildman–Crippen LogP) is 1.74. The van der Waals surface area contributed by atoms with Crippen LogP contribution in [0.15, 0.2) is 29.2 Å². The Bertz CT molecular complexity index is 492. The molecule has 0 atom stereocenters. The molecule has 1 aromatic rings. The Labute approximate surface area is 101 Å². The molecular formula is C12H16FNO2S. The van der Waals surface area contributed by atoms with E-state index in [0.29, 0.717) is 19.4 Å². The topological polar surface area (TPSA) is 46.2 Å². The van der Waals surface area contributed by atoms with Crippen LogP contribution in [0.25, 0.3) is 0 Å². The van der Waals surface area contributed by atoms with E-state index >= 15 is 0 Å². The number of benzene rings is 1. The van der Waals surface area contributed by atoms with E-state index in [1.54, 1.807) is 7.05 Å². The third-order valence-electron chi connectivity index (χ3n) is 3.46. The summed E-state index contributed by atoms with van der Waals surface area (Å²) >= 11 is 0. The van der Waals surface area contributed by atoms with Crippen LogP contribution in [0, 0.1) is 5.82 Å². The molecule has 1 aliphatic rings. The molecule has 17 heavy (non-hydrogen) atoms. The summed E-state index contributed by atoms with van der Waals surface area (Å²) in [5.41, 5.74) is 0. The lowest BCUT2D eigenvalue weighted by Crippen LogP contribution is -2.51. The molecule has 0 amide bonds. The van der Waals surface area contributed by atoms with Gasteiger partial charge in [-0.15, -0.1) is 0 Å². The third-order valence-corrected chi connectivity index (χ3v) is 6.04. The van der Waals surface area contributed by atoms with Gasteiger partial charge in [-0.3, -0.25) is 0 Å². The van der Waals surface area contributed by atoms with E-state index in [9.17, 15) is 12.8 Å². The minimum atomic E-state index is -3.37. The standard InChI is InChI=1S/C12H16FNO2S/c1-14-9-12(7-2-8-12)17(15,16)11-5-3-10(13)4-6-11/h3-6,14H,2,7-9H2,1H3. The fourth-order valence-corrected chi connectivity index (χ4v) is 4.45. The monoisotopic (exact) mass is 257 g/mol. The van der Waals surface area contributed by atoms with E-state index in [-0.39, 0.29) is 4.90 Å². The quantitative estimate of drug-likeness (QED) is 0.836. The van der Waals surface area contributed by atoms with Crippen LogP contribution in [0.5, 0.6) is 0 Å². The lowest BCUT2D eigenvalue weighted by Gasteiger charge is -2.40.